The molecule has 4 N–H and O–H groups in total. The summed E-state index contributed by atoms with van der Waals surface area (Å²) in [6.07, 6.45) is 2.25. The van der Waals surface area contributed by atoms with Crippen LogP contribution in [0.1, 0.15) is 16.9 Å². The van der Waals surface area contributed by atoms with E-state index in [0.717, 1.165) is 12.2 Å². The minimum Gasteiger partial charge on any atom is -0.494 e. The summed E-state index contributed by atoms with van der Waals surface area (Å²) in [6.45, 7) is 1.07. The molecule has 0 spiro atoms. The summed E-state index contributed by atoms with van der Waals surface area (Å²) in [5.41, 5.74) is 3.45. The SMILES string of the molecule is NNc1ccnc(C(=O)NCCCOc2ccccc2)c1. The zero-order valence-electron chi connectivity index (χ0n) is 11.6. The molecule has 0 aliphatic rings. The number of nitrogen functional groups attached to an aromatic ring is 1. The van der Waals surface area contributed by atoms with Crippen molar-refractivity contribution in [2.24, 2.45) is 5.84 Å². The number of hydrogen-bond donors (Lipinski definition) is 3. The third-order valence-corrected chi connectivity index (χ3v) is 2.78. The molecule has 0 saturated heterocycles. The Labute approximate surface area is 123 Å². The molecule has 0 aliphatic heterocycles. The smallest absolute Gasteiger partial charge is 0.269 e. The Morgan fingerprint density at radius 2 is 2.05 bits per heavy atom. The molecule has 0 unspecified atom stereocenters. The van der Waals surface area contributed by atoms with E-state index in [1.165, 1.54) is 6.20 Å². The number of nitrogens with two attached hydrogens (primary N) is 1. The van der Waals surface area contributed by atoms with Crippen LogP contribution < -0.4 is 21.3 Å². The van der Waals surface area contributed by atoms with Gasteiger partial charge < -0.3 is 15.5 Å². The fourth-order valence-electron chi connectivity index (χ4n) is 1.72. The second-order valence-corrected chi connectivity index (χ2v) is 4.35. The highest BCUT2D eigenvalue weighted by Gasteiger charge is 2.06. The lowest BCUT2D eigenvalue weighted by Crippen LogP contribution is -2.26. The van der Waals surface area contributed by atoms with Crippen LogP contribution in [0.3, 0.4) is 0 Å². The number of benzene rings is 1. The number of amides is 1. The molecule has 2 rings (SSSR count). The topological polar surface area (TPSA) is 89.3 Å². The maximum Gasteiger partial charge on any atom is 0.269 e. The minimum absolute atomic E-state index is 0.230. The molecule has 0 atom stereocenters. The first-order valence-corrected chi connectivity index (χ1v) is 6.68. The van der Waals surface area contributed by atoms with Gasteiger partial charge in [0.25, 0.3) is 5.91 Å². The number of carbonyl (C=O) groups is 1. The Balaban J connectivity index is 1.69. The number of carbonyl (C=O) groups excluding carboxylic acids is 1. The van der Waals surface area contributed by atoms with Gasteiger partial charge in [-0.15, -0.1) is 0 Å². The standard InChI is InChI=1S/C15H18N4O2/c16-19-12-7-9-17-14(11-12)15(20)18-8-4-10-21-13-5-2-1-3-6-13/h1-3,5-7,9,11H,4,8,10,16H2,(H,17,19)(H,18,20). The first kappa shape index (κ1) is 14.8. The monoisotopic (exact) mass is 286 g/mol. The Hall–Kier alpha value is -2.60. The van der Waals surface area contributed by atoms with Crippen molar-refractivity contribution in [2.75, 3.05) is 18.6 Å². The number of hydrogen-bond acceptors (Lipinski definition) is 5. The fraction of sp³-hybridized carbons (Fsp3) is 0.200. The number of anilines is 1. The van der Waals surface area contributed by atoms with Crippen LogP contribution in [-0.4, -0.2) is 24.0 Å². The van der Waals surface area contributed by atoms with Gasteiger partial charge >= 0.3 is 0 Å². The molecule has 0 saturated carbocycles. The maximum atomic E-state index is 11.9. The summed E-state index contributed by atoms with van der Waals surface area (Å²) in [7, 11) is 0. The number of hydrazine groups is 1. The van der Waals surface area contributed by atoms with E-state index in [2.05, 4.69) is 15.7 Å². The largest absolute Gasteiger partial charge is 0.494 e. The third kappa shape index (κ3) is 4.77. The summed E-state index contributed by atoms with van der Waals surface area (Å²) < 4.78 is 5.54. The maximum absolute atomic E-state index is 11.9. The first-order valence-electron chi connectivity index (χ1n) is 6.68. The van der Waals surface area contributed by atoms with Crippen LogP contribution in [0.25, 0.3) is 0 Å². The lowest BCUT2D eigenvalue weighted by molar-refractivity contribution is 0.0946. The Morgan fingerprint density at radius 3 is 2.81 bits per heavy atom. The summed E-state index contributed by atoms with van der Waals surface area (Å²) in [4.78, 5) is 15.9. The van der Waals surface area contributed by atoms with E-state index in [4.69, 9.17) is 10.6 Å². The second kappa shape index (κ2) is 7.86. The van der Waals surface area contributed by atoms with Gasteiger partial charge in [0, 0.05) is 12.7 Å². The van der Waals surface area contributed by atoms with Crippen molar-refractivity contribution in [3.63, 3.8) is 0 Å². The number of para-hydroxylation sites is 1. The van der Waals surface area contributed by atoms with Crippen molar-refractivity contribution >= 4 is 11.6 Å². The molecule has 1 amide bonds. The highest BCUT2D eigenvalue weighted by atomic mass is 16.5. The van der Waals surface area contributed by atoms with Crippen LogP contribution in [0.5, 0.6) is 5.75 Å². The molecule has 0 aliphatic carbocycles. The molecular weight excluding hydrogens is 268 g/mol. The van der Waals surface area contributed by atoms with Crippen LogP contribution in [0.2, 0.25) is 0 Å². The molecule has 1 aromatic carbocycles. The molecule has 6 heteroatoms. The van der Waals surface area contributed by atoms with Gasteiger partial charge in [-0.3, -0.25) is 15.6 Å². The number of aromatic nitrogens is 1. The molecule has 1 aromatic heterocycles. The Kier molecular flexibility index (Phi) is 5.54. The van der Waals surface area contributed by atoms with E-state index < -0.39 is 0 Å². The summed E-state index contributed by atoms with van der Waals surface area (Å²) in [5, 5.41) is 2.79. The highest BCUT2D eigenvalue weighted by molar-refractivity contribution is 5.93. The molecule has 110 valence electrons. The summed E-state index contributed by atoms with van der Waals surface area (Å²) in [6, 6.07) is 12.8. The van der Waals surface area contributed by atoms with Gasteiger partial charge in [0.1, 0.15) is 11.4 Å². The molecule has 21 heavy (non-hydrogen) atoms. The van der Waals surface area contributed by atoms with Crippen LogP contribution in [0.15, 0.2) is 48.7 Å². The van der Waals surface area contributed by atoms with E-state index in [1.54, 1.807) is 12.1 Å². The Bertz CT molecular complexity index is 575. The van der Waals surface area contributed by atoms with E-state index >= 15 is 0 Å². The average molecular weight is 286 g/mol. The average Bonchev–Trinajstić information content (AvgIpc) is 2.55. The van der Waals surface area contributed by atoms with Crippen molar-refractivity contribution in [1.82, 2.24) is 10.3 Å². The van der Waals surface area contributed by atoms with E-state index in [1.807, 2.05) is 30.3 Å². The van der Waals surface area contributed by atoms with E-state index in [-0.39, 0.29) is 5.91 Å². The molecule has 2 aromatic rings. The number of nitrogens with zero attached hydrogens (tertiary/aromatic N) is 1. The number of pyridine rings is 1. The molecule has 1 heterocycles. The number of rotatable bonds is 7. The van der Waals surface area contributed by atoms with Crippen molar-refractivity contribution in [2.45, 2.75) is 6.42 Å². The first-order chi connectivity index (χ1) is 10.3. The predicted octanol–water partition coefficient (Wildman–Crippen LogP) is 1.57. The highest BCUT2D eigenvalue weighted by Crippen LogP contribution is 2.08. The summed E-state index contributed by atoms with van der Waals surface area (Å²) >= 11 is 0. The minimum atomic E-state index is -0.230. The van der Waals surface area contributed by atoms with Crippen LogP contribution in [0.4, 0.5) is 5.69 Å². The second-order valence-electron chi connectivity index (χ2n) is 4.35. The predicted molar refractivity (Wildman–Crippen MR) is 80.9 cm³/mol. The van der Waals surface area contributed by atoms with Crippen molar-refractivity contribution in [3.8, 4) is 5.75 Å². The van der Waals surface area contributed by atoms with Gasteiger partial charge in [-0.2, -0.15) is 0 Å². The molecule has 0 fully saturated rings. The van der Waals surface area contributed by atoms with Gasteiger partial charge in [0.05, 0.1) is 12.3 Å². The van der Waals surface area contributed by atoms with Crippen LogP contribution >= 0.6 is 0 Å². The molecule has 0 radical (unpaired) electrons. The van der Waals surface area contributed by atoms with Crippen molar-refractivity contribution in [3.05, 3.63) is 54.4 Å². The van der Waals surface area contributed by atoms with E-state index in [9.17, 15) is 4.79 Å². The number of nitrogens with one attached hydrogen (secondary N) is 2. The molecule has 0 bridgehead atoms. The van der Waals surface area contributed by atoms with Crippen molar-refractivity contribution < 1.29 is 9.53 Å². The van der Waals surface area contributed by atoms with Gasteiger partial charge in [0.15, 0.2) is 0 Å². The summed E-state index contributed by atoms with van der Waals surface area (Å²) in [5.74, 6) is 5.88. The van der Waals surface area contributed by atoms with Crippen LogP contribution in [0, 0.1) is 0 Å². The quantitative estimate of drug-likeness (QED) is 0.408. The normalized spacial score (nSPS) is 9.95. The zero-order chi connectivity index (χ0) is 14.9. The number of ether oxygens (including phenoxy) is 1. The lowest BCUT2D eigenvalue weighted by atomic mass is 10.3. The Morgan fingerprint density at radius 1 is 1.24 bits per heavy atom. The molecular formula is C15H18N4O2. The third-order valence-electron chi connectivity index (χ3n) is 2.78. The van der Waals surface area contributed by atoms with Gasteiger partial charge in [0.2, 0.25) is 0 Å². The van der Waals surface area contributed by atoms with Crippen LogP contribution in [-0.2, 0) is 0 Å². The lowest BCUT2D eigenvalue weighted by Gasteiger charge is -2.07. The van der Waals surface area contributed by atoms with Gasteiger partial charge in [-0.1, -0.05) is 18.2 Å². The molecule has 6 nitrogen and oxygen atoms in total. The van der Waals surface area contributed by atoms with Gasteiger partial charge in [-0.25, -0.2) is 0 Å². The van der Waals surface area contributed by atoms with Crippen molar-refractivity contribution in [1.29, 1.82) is 0 Å². The van der Waals surface area contributed by atoms with Gasteiger partial charge in [-0.05, 0) is 30.7 Å². The van der Waals surface area contributed by atoms with E-state index in [0.29, 0.717) is 24.5 Å². The fourth-order valence-corrected chi connectivity index (χ4v) is 1.72. The zero-order valence-corrected chi connectivity index (χ0v) is 11.6.